The minimum Gasteiger partial charge on any atom is -0.497 e. The van der Waals surface area contributed by atoms with Gasteiger partial charge in [0.1, 0.15) is 5.75 Å². The minimum absolute atomic E-state index is 0.143. The average molecular weight is 250 g/mol. The summed E-state index contributed by atoms with van der Waals surface area (Å²) in [5.74, 6) is 2.18. The molecule has 0 radical (unpaired) electrons. The van der Waals surface area contributed by atoms with Gasteiger partial charge in [-0.05, 0) is 38.1 Å². The van der Waals surface area contributed by atoms with Crippen molar-refractivity contribution in [2.75, 3.05) is 7.11 Å². The average Bonchev–Trinajstić information content (AvgIpc) is 2.77. The van der Waals surface area contributed by atoms with E-state index >= 15 is 0 Å². The topological polar surface area (TPSA) is 48.2 Å². The molecule has 1 atom stereocenters. The smallest absolute Gasteiger partial charge is 0.239 e. The number of benzene rings is 1. The van der Waals surface area contributed by atoms with E-state index in [1.807, 2.05) is 38.1 Å². The lowest BCUT2D eigenvalue weighted by atomic mass is 10.3. The lowest BCUT2D eigenvalue weighted by Gasteiger charge is -2.06. The van der Waals surface area contributed by atoms with Gasteiger partial charge in [0.25, 0.3) is 0 Å². The zero-order valence-corrected chi connectivity index (χ0v) is 10.8. The molecule has 1 heterocycles. The van der Waals surface area contributed by atoms with Crippen LogP contribution in [0.2, 0.25) is 0 Å². The van der Waals surface area contributed by atoms with Crippen molar-refractivity contribution in [2.24, 2.45) is 0 Å². The number of thioether (sulfide) groups is 1. The summed E-state index contributed by atoms with van der Waals surface area (Å²) < 4.78 is 10.2. The van der Waals surface area contributed by atoms with Crippen molar-refractivity contribution in [3.05, 3.63) is 36.0 Å². The van der Waals surface area contributed by atoms with Crippen molar-refractivity contribution in [2.45, 2.75) is 24.0 Å². The standard InChI is InChI=1S/C12H14N2O2S/c1-8(12-13-9(2)14-16-12)17-11-6-4-10(15-3)5-7-11/h4-8H,1-3H3/t8-/m1/s1. The lowest BCUT2D eigenvalue weighted by Crippen LogP contribution is -1.89. The predicted octanol–water partition coefficient (Wildman–Crippen LogP) is 3.24. The molecule has 1 aromatic carbocycles. The maximum atomic E-state index is 5.14. The summed E-state index contributed by atoms with van der Waals surface area (Å²) in [6.07, 6.45) is 0. The summed E-state index contributed by atoms with van der Waals surface area (Å²) in [6, 6.07) is 7.91. The van der Waals surface area contributed by atoms with Crippen LogP contribution in [0.4, 0.5) is 0 Å². The number of ether oxygens (including phenoxy) is 1. The van der Waals surface area contributed by atoms with Crippen molar-refractivity contribution in [3.8, 4) is 5.75 Å². The highest BCUT2D eigenvalue weighted by Gasteiger charge is 2.14. The molecular formula is C12H14N2O2S. The van der Waals surface area contributed by atoms with Crippen molar-refractivity contribution in [3.63, 3.8) is 0 Å². The third-order valence-electron chi connectivity index (χ3n) is 2.26. The first-order chi connectivity index (χ1) is 8.19. The Balaban J connectivity index is 2.04. The minimum atomic E-state index is 0.143. The summed E-state index contributed by atoms with van der Waals surface area (Å²) in [5, 5.41) is 3.93. The van der Waals surface area contributed by atoms with Crippen LogP contribution in [-0.2, 0) is 0 Å². The molecule has 0 aliphatic heterocycles. The highest BCUT2D eigenvalue weighted by molar-refractivity contribution is 7.99. The van der Waals surface area contributed by atoms with Crippen LogP contribution >= 0.6 is 11.8 Å². The Kier molecular flexibility index (Phi) is 3.68. The Hall–Kier alpha value is -1.49. The second kappa shape index (κ2) is 5.23. The zero-order chi connectivity index (χ0) is 12.3. The van der Waals surface area contributed by atoms with Gasteiger partial charge in [0.2, 0.25) is 5.89 Å². The first-order valence-corrected chi connectivity index (χ1v) is 6.18. The van der Waals surface area contributed by atoms with Gasteiger partial charge >= 0.3 is 0 Å². The molecule has 0 saturated carbocycles. The van der Waals surface area contributed by atoms with E-state index in [2.05, 4.69) is 10.1 Å². The number of rotatable bonds is 4. The van der Waals surface area contributed by atoms with Crippen LogP contribution in [0.5, 0.6) is 5.75 Å². The number of methoxy groups -OCH3 is 1. The molecule has 0 aliphatic rings. The third-order valence-corrected chi connectivity index (χ3v) is 3.36. The quantitative estimate of drug-likeness (QED) is 0.780. The normalized spacial score (nSPS) is 12.4. The number of aromatic nitrogens is 2. The highest BCUT2D eigenvalue weighted by Crippen LogP contribution is 2.34. The largest absolute Gasteiger partial charge is 0.497 e. The number of hydrogen-bond donors (Lipinski definition) is 0. The molecule has 0 N–H and O–H groups in total. The molecule has 0 bridgehead atoms. The van der Waals surface area contributed by atoms with E-state index < -0.39 is 0 Å². The Morgan fingerprint density at radius 2 is 2.00 bits per heavy atom. The van der Waals surface area contributed by atoms with Crippen molar-refractivity contribution < 1.29 is 9.26 Å². The molecule has 17 heavy (non-hydrogen) atoms. The fourth-order valence-corrected chi connectivity index (χ4v) is 2.29. The Bertz CT molecular complexity index is 482. The molecule has 2 aromatic rings. The number of hydrogen-bond acceptors (Lipinski definition) is 5. The van der Waals surface area contributed by atoms with Crippen LogP contribution in [-0.4, -0.2) is 17.3 Å². The van der Waals surface area contributed by atoms with Gasteiger partial charge in [-0.2, -0.15) is 4.98 Å². The third kappa shape index (κ3) is 3.00. The SMILES string of the molecule is COc1ccc(S[C@H](C)c2nc(C)no2)cc1. The highest BCUT2D eigenvalue weighted by atomic mass is 32.2. The molecule has 0 spiro atoms. The molecule has 0 fully saturated rings. The van der Waals surface area contributed by atoms with Gasteiger partial charge in [-0.1, -0.05) is 5.16 Å². The fraction of sp³-hybridized carbons (Fsp3) is 0.333. The molecule has 1 aromatic heterocycles. The Morgan fingerprint density at radius 3 is 2.53 bits per heavy atom. The van der Waals surface area contributed by atoms with Gasteiger partial charge < -0.3 is 9.26 Å². The fourth-order valence-electron chi connectivity index (χ4n) is 1.39. The molecule has 5 heteroatoms. The molecule has 4 nitrogen and oxygen atoms in total. The first kappa shape index (κ1) is 12.0. The van der Waals surface area contributed by atoms with E-state index in [-0.39, 0.29) is 5.25 Å². The van der Waals surface area contributed by atoms with E-state index in [0.29, 0.717) is 11.7 Å². The van der Waals surface area contributed by atoms with Gasteiger partial charge in [0, 0.05) is 4.90 Å². The van der Waals surface area contributed by atoms with Gasteiger partial charge in [0.15, 0.2) is 5.82 Å². The van der Waals surface area contributed by atoms with Crippen molar-refractivity contribution in [1.82, 2.24) is 10.1 Å². The zero-order valence-electron chi connectivity index (χ0n) is 10.0. The summed E-state index contributed by atoms with van der Waals surface area (Å²) in [5.41, 5.74) is 0. The monoisotopic (exact) mass is 250 g/mol. The maximum absolute atomic E-state index is 5.14. The number of aryl methyl sites for hydroxylation is 1. The van der Waals surface area contributed by atoms with E-state index in [1.165, 1.54) is 0 Å². The van der Waals surface area contributed by atoms with Crippen molar-refractivity contribution in [1.29, 1.82) is 0 Å². The predicted molar refractivity (Wildman–Crippen MR) is 66.3 cm³/mol. The van der Waals surface area contributed by atoms with Crippen LogP contribution in [0.1, 0.15) is 23.9 Å². The molecule has 0 aliphatic carbocycles. The second-order valence-corrected chi connectivity index (χ2v) is 5.03. The Labute approximate surface area is 104 Å². The van der Waals surface area contributed by atoms with E-state index in [0.717, 1.165) is 10.6 Å². The summed E-state index contributed by atoms with van der Waals surface area (Å²) in [6.45, 7) is 3.86. The second-order valence-electron chi connectivity index (χ2n) is 3.62. The van der Waals surface area contributed by atoms with E-state index in [4.69, 9.17) is 9.26 Å². The van der Waals surface area contributed by atoms with Crippen molar-refractivity contribution >= 4 is 11.8 Å². The first-order valence-electron chi connectivity index (χ1n) is 5.30. The van der Waals surface area contributed by atoms with E-state index in [9.17, 15) is 0 Å². The molecule has 0 amide bonds. The lowest BCUT2D eigenvalue weighted by molar-refractivity contribution is 0.376. The molecule has 90 valence electrons. The molecule has 0 saturated heterocycles. The summed E-state index contributed by atoms with van der Waals surface area (Å²) in [4.78, 5) is 5.36. The maximum Gasteiger partial charge on any atom is 0.239 e. The van der Waals surface area contributed by atoms with Crippen LogP contribution < -0.4 is 4.74 Å². The van der Waals surface area contributed by atoms with Crippen LogP contribution in [0, 0.1) is 6.92 Å². The van der Waals surface area contributed by atoms with Gasteiger partial charge in [-0.25, -0.2) is 0 Å². The van der Waals surface area contributed by atoms with Gasteiger partial charge in [0.05, 0.1) is 12.4 Å². The summed E-state index contributed by atoms with van der Waals surface area (Å²) >= 11 is 1.68. The van der Waals surface area contributed by atoms with Gasteiger partial charge in [-0.15, -0.1) is 11.8 Å². The van der Waals surface area contributed by atoms with Gasteiger partial charge in [-0.3, -0.25) is 0 Å². The van der Waals surface area contributed by atoms with Crippen LogP contribution in [0.25, 0.3) is 0 Å². The van der Waals surface area contributed by atoms with E-state index in [1.54, 1.807) is 18.9 Å². The van der Waals surface area contributed by atoms with Crippen LogP contribution in [0.15, 0.2) is 33.7 Å². The number of nitrogens with zero attached hydrogens (tertiary/aromatic N) is 2. The Morgan fingerprint density at radius 1 is 1.29 bits per heavy atom. The molecule has 0 unspecified atom stereocenters. The molecule has 2 rings (SSSR count). The summed E-state index contributed by atoms with van der Waals surface area (Å²) in [7, 11) is 1.66. The molecular weight excluding hydrogens is 236 g/mol. The van der Waals surface area contributed by atoms with Crippen LogP contribution in [0.3, 0.4) is 0 Å².